The fourth-order valence-corrected chi connectivity index (χ4v) is 2.50. The van der Waals surface area contributed by atoms with E-state index in [1.54, 1.807) is 12.1 Å². The van der Waals surface area contributed by atoms with E-state index in [0.717, 1.165) is 42.9 Å². The smallest absolute Gasteiger partial charge is 0.115 e. The number of nitrogens with one attached hydrogen (secondary N) is 1. The second-order valence-corrected chi connectivity index (χ2v) is 5.00. The van der Waals surface area contributed by atoms with Gasteiger partial charge in [-0.05, 0) is 37.1 Å². The Kier molecular flexibility index (Phi) is 3.13. The van der Waals surface area contributed by atoms with Crippen LogP contribution in [-0.4, -0.2) is 34.4 Å². The molecule has 1 aliphatic rings. The molecule has 1 aliphatic heterocycles. The standard InChI is InChI=1S/C14H18N4O/c15-11-5-7-18(8-6-11)13-9-16-17-14(13)10-1-3-12(19)4-2-10/h1-4,9,11,19H,5-8,15H2,(H,16,17). The van der Waals surface area contributed by atoms with Gasteiger partial charge in [-0.1, -0.05) is 0 Å². The van der Waals surface area contributed by atoms with Crippen LogP contribution in [0.2, 0.25) is 0 Å². The monoisotopic (exact) mass is 258 g/mol. The number of phenolic OH excluding ortho intramolecular Hbond substituents is 1. The second-order valence-electron chi connectivity index (χ2n) is 5.00. The molecule has 0 radical (unpaired) electrons. The van der Waals surface area contributed by atoms with Gasteiger partial charge in [-0.3, -0.25) is 5.10 Å². The third kappa shape index (κ3) is 2.42. The highest BCUT2D eigenvalue weighted by Crippen LogP contribution is 2.31. The first kappa shape index (κ1) is 12.0. The van der Waals surface area contributed by atoms with Crippen molar-refractivity contribution in [2.24, 2.45) is 5.73 Å². The Morgan fingerprint density at radius 1 is 1.21 bits per heavy atom. The molecule has 1 aromatic carbocycles. The van der Waals surface area contributed by atoms with Crippen molar-refractivity contribution in [3.8, 4) is 17.0 Å². The first-order chi connectivity index (χ1) is 9.24. The number of piperidine rings is 1. The van der Waals surface area contributed by atoms with Gasteiger partial charge in [0, 0.05) is 24.7 Å². The molecule has 1 saturated heterocycles. The van der Waals surface area contributed by atoms with E-state index in [9.17, 15) is 5.11 Å². The average Bonchev–Trinajstić information content (AvgIpc) is 2.90. The maximum absolute atomic E-state index is 9.35. The molecule has 1 fully saturated rings. The van der Waals surface area contributed by atoms with Crippen molar-refractivity contribution < 1.29 is 5.11 Å². The number of aromatic nitrogens is 2. The molecule has 0 amide bonds. The minimum atomic E-state index is 0.272. The molecular formula is C14H18N4O. The van der Waals surface area contributed by atoms with Gasteiger partial charge in [-0.2, -0.15) is 5.10 Å². The van der Waals surface area contributed by atoms with Gasteiger partial charge in [-0.15, -0.1) is 0 Å². The number of H-pyrrole nitrogens is 1. The molecular weight excluding hydrogens is 240 g/mol. The lowest BCUT2D eigenvalue weighted by Gasteiger charge is -2.31. The molecule has 5 nitrogen and oxygen atoms in total. The number of rotatable bonds is 2. The van der Waals surface area contributed by atoms with E-state index < -0.39 is 0 Å². The van der Waals surface area contributed by atoms with Gasteiger partial charge in [0.05, 0.1) is 17.6 Å². The molecule has 2 heterocycles. The number of nitrogens with zero attached hydrogens (tertiary/aromatic N) is 2. The van der Waals surface area contributed by atoms with Gasteiger partial charge in [0.25, 0.3) is 0 Å². The van der Waals surface area contributed by atoms with Crippen molar-refractivity contribution in [2.75, 3.05) is 18.0 Å². The summed E-state index contributed by atoms with van der Waals surface area (Å²) in [5, 5.41) is 16.6. The van der Waals surface area contributed by atoms with Crippen LogP contribution in [0.1, 0.15) is 12.8 Å². The Balaban J connectivity index is 1.88. The van der Waals surface area contributed by atoms with Gasteiger partial charge >= 0.3 is 0 Å². The lowest BCUT2D eigenvalue weighted by atomic mass is 10.0. The van der Waals surface area contributed by atoms with E-state index in [-0.39, 0.29) is 5.75 Å². The van der Waals surface area contributed by atoms with E-state index >= 15 is 0 Å². The third-order valence-electron chi connectivity index (χ3n) is 3.66. The largest absolute Gasteiger partial charge is 0.508 e. The van der Waals surface area contributed by atoms with Crippen molar-refractivity contribution in [1.29, 1.82) is 0 Å². The molecule has 0 bridgehead atoms. The van der Waals surface area contributed by atoms with E-state index in [1.807, 2.05) is 18.3 Å². The van der Waals surface area contributed by atoms with Crippen LogP contribution in [0, 0.1) is 0 Å². The summed E-state index contributed by atoms with van der Waals surface area (Å²) in [5.74, 6) is 0.272. The van der Waals surface area contributed by atoms with Gasteiger partial charge < -0.3 is 15.7 Å². The molecule has 2 aromatic rings. The summed E-state index contributed by atoms with van der Waals surface area (Å²) in [4.78, 5) is 2.31. The average molecular weight is 258 g/mol. The highest BCUT2D eigenvalue weighted by molar-refractivity contribution is 5.75. The molecule has 0 unspecified atom stereocenters. The zero-order valence-corrected chi connectivity index (χ0v) is 10.7. The Bertz CT molecular complexity index is 541. The molecule has 0 aliphatic carbocycles. The first-order valence-electron chi connectivity index (χ1n) is 6.57. The van der Waals surface area contributed by atoms with Crippen molar-refractivity contribution in [1.82, 2.24) is 10.2 Å². The number of hydrogen-bond acceptors (Lipinski definition) is 4. The molecule has 0 saturated carbocycles. The summed E-state index contributed by atoms with van der Waals surface area (Å²) in [5.41, 5.74) is 9.07. The summed E-state index contributed by atoms with van der Waals surface area (Å²) in [6, 6.07) is 7.47. The summed E-state index contributed by atoms with van der Waals surface area (Å²) >= 11 is 0. The van der Waals surface area contributed by atoms with Crippen molar-refractivity contribution in [2.45, 2.75) is 18.9 Å². The van der Waals surface area contributed by atoms with Gasteiger partial charge in [0.1, 0.15) is 5.75 Å². The van der Waals surface area contributed by atoms with Crippen LogP contribution in [-0.2, 0) is 0 Å². The fourth-order valence-electron chi connectivity index (χ4n) is 2.50. The van der Waals surface area contributed by atoms with Gasteiger partial charge in [0.15, 0.2) is 0 Å². The molecule has 19 heavy (non-hydrogen) atoms. The molecule has 3 rings (SSSR count). The second kappa shape index (κ2) is 4.93. The van der Waals surface area contributed by atoms with Crippen LogP contribution in [0.3, 0.4) is 0 Å². The normalized spacial score (nSPS) is 16.8. The molecule has 0 spiro atoms. The number of anilines is 1. The van der Waals surface area contributed by atoms with Gasteiger partial charge in [-0.25, -0.2) is 0 Å². The summed E-state index contributed by atoms with van der Waals surface area (Å²) in [7, 11) is 0. The number of phenols is 1. The first-order valence-corrected chi connectivity index (χ1v) is 6.57. The maximum Gasteiger partial charge on any atom is 0.115 e. The lowest BCUT2D eigenvalue weighted by Crippen LogP contribution is -2.39. The number of nitrogens with two attached hydrogens (primary N) is 1. The molecule has 4 N–H and O–H groups in total. The highest BCUT2D eigenvalue weighted by Gasteiger charge is 2.20. The number of benzene rings is 1. The van der Waals surface area contributed by atoms with Crippen LogP contribution in [0.4, 0.5) is 5.69 Å². The van der Waals surface area contributed by atoms with Crippen LogP contribution in [0.25, 0.3) is 11.3 Å². The summed E-state index contributed by atoms with van der Waals surface area (Å²) < 4.78 is 0. The Morgan fingerprint density at radius 2 is 1.89 bits per heavy atom. The highest BCUT2D eigenvalue weighted by atomic mass is 16.3. The van der Waals surface area contributed by atoms with Crippen LogP contribution >= 0.6 is 0 Å². The Labute approximate surface area is 112 Å². The molecule has 100 valence electrons. The zero-order chi connectivity index (χ0) is 13.2. The third-order valence-corrected chi connectivity index (χ3v) is 3.66. The minimum Gasteiger partial charge on any atom is -0.508 e. The van der Waals surface area contributed by atoms with E-state index in [4.69, 9.17) is 5.73 Å². The SMILES string of the molecule is NC1CCN(c2cn[nH]c2-c2ccc(O)cc2)CC1. The van der Waals surface area contributed by atoms with Crippen molar-refractivity contribution in [3.63, 3.8) is 0 Å². The number of aromatic hydroxyl groups is 1. The van der Waals surface area contributed by atoms with Gasteiger partial charge in [0.2, 0.25) is 0 Å². The lowest BCUT2D eigenvalue weighted by molar-refractivity contribution is 0.475. The van der Waals surface area contributed by atoms with E-state index in [0.29, 0.717) is 6.04 Å². The Hall–Kier alpha value is -2.01. The minimum absolute atomic E-state index is 0.272. The van der Waals surface area contributed by atoms with Crippen molar-refractivity contribution in [3.05, 3.63) is 30.5 Å². The number of hydrogen-bond donors (Lipinski definition) is 3. The fraction of sp³-hybridized carbons (Fsp3) is 0.357. The quantitative estimate of drug-likeness (QED) is 0.766. The summed E-state index contributed by atoms with van der Waals surface area (Å²) in [6.45, 7) is 1.93. The number of aromatic amines is 1. The topological polar surface area (TPSA) is 78.2 Å². The summed E-state index contributed by atoms with van der Waals surface area (Å²) in [6.07, 6.45) is 3.89. The molecule has 0 atom stereocenters. The zero-order valence-electron chi connectivity index (χ0n) is 10.7. The Morgan fingerprint density at radius 3 is 2.58 bits per heavy atom. The van der Waals surface area contributed by atoms with E-state index in [2.05, 4.69) is 15.1 Å². The predicted octanol–water partition coefficient (Wildman–Crippen LogP) is 1.71. The molecule has 5 heteroatoms. The predicted molar refractivity (Wildman–Crippen MR) is 75.1 cm³/mol. The maximum atomic E-state index is 9.35. The van der Waals surface area contributed by atoms with E-state index in [1.165, 1.54) is 0 Å². The van der Waals surface area contributed by atoms with Crippen LogP contribution in [0.5, 0.6) is 5.75 Å². The van der Waals surface area contributed by atoms with Crippen molar-refractivity contribution >= 4 is 5.69 Å². The molecule has 1 aromatic heterocycles. The van der Waals surface area contributed by atoms with Crippen LogP contribution < -0.4 is 10.6 Å². The van der Waals surface area contributed by atoms with Crippen LogP contribution in [0.15, 0.2) is 30.5 Å².